The summed E-state index contributed by atoms with van der Waals surface area (Å²) in [6, 6.07) is -0.821. The van der Waals surface area contributed by atoms with Crippen LogP contribution in [0, 0.1) is 10.1 Å². The molecule has 0 aliphatic carbocycles. The van der Waals surface area contributed by atoms with Crippen LogP contribution in [0.1, 0.15) is 19.3 Å². The second kappa shape index (κ2) is 5.35. The van der Waals surface area contributed by atoms with Crippen LogP contribution in [0.5, 0.6) is 0 Å². The van der Waals surface area contributed by atoms with Crippen molar-refractivity contribution in [3.63, 3.8) is 0 Å². The first-order valence-corrected chi connectivity index (χ1v) is 6.05. The van der Waals surface area contributed by atoms with E-state index < -0.39 is 16.9 Å². The lowest BCUT2D eigenvalue weighted by Gasteiger charge is -2.33. The lowest BCUT2D eigenvalue weighted by atomic mass is 10.0. The van der Waals surface area contributed by atoms with E-state index in [1.807, 2.05) is 0 Å². The van der Waals surface area contributed by atoms with Crippen molar-refractivity contribution >= 4 is 29.1 Å². The molecule has 0 radical (unpaired) electrons. The Morgan fingerprint density at radius 1 is 1.58 bits per heavy atom. The standard InChI is InChI=1S/C10H11ClN4O4/c11-10-12-5-7(15(18)19)8(13-10)14-4-2-1-3-6(14)9(16)17/h5-6H,1-4H2,(H,16,17). The number of nitrogens with zero attached hydrogens (tertiary/aromatic N) is 4. The number of carbonyl (C=O) groups is 1. The van der Waals surface area contributed by atoms with Crippen LogP contribution in [0.3, 0.4) is 0 Å². The van der Waals surface area contributed by atoms with Gasteiger partial charge in [-0.25, -0.2) is 9.78 Å². The molecule has 1 saturated heterocycles. The van der Waals surface area contributed by atoms with Crippen LogP contribution in [-0.4, -0.2) is 38.6 Å². The van der Waals surface area contributed by atoms with Gasteiger partial charge in [-0.1, -0.05) is 0 Å². The minimum absolute atomic E-state index is 0.0305. The minimum atomic E-state index is -1.02. The van der Waals surface area contributed by atoms with Crippen molar-refractivity contribution in [3.05, 3.63) is 21.6 Å². The summed E-state index contributed by atoms with van der Waals surface area (Å²) in [6.45, 7) is 0.394. The molecular formula is C10H11ClN4O4. The second-order valence-corrected chi connectivity index (χ2v) is 4.49. The maximum atomic E-state index is 11.2. The Bertz CT molecular complexity index is 524. The molecule has 1 aliphatic heterocycles. The van der Waals surface area contributed by atoms with Crippen molar-refractivity contribution < 1.29 is 14.8 Å². The first-order valence-electron chi connectivity index (χ1n) is 5.67. The molecule has 1 fully saturated rings. The average Bonchev–Trinajstić information content (AvgIpc) is 2.38. The smallest absolute Gasteiger partial charge is 0.329 e. The zero-order chi connectivity index (χ0) is 14.0. The van der Waals surface area contributed by atoms with Gasteiger partial charge in [0.15, 0.2) is 0 Å². The third kappa shape index (κ3) is 2.73. The number of aliphatic carboxylic acids is 1. The zero-order valence-corrected chi connectivity index (χ0v) is 10.6. The summed E-state index contributed by atoms with van der Waals surface area (Å²) < 4.78 is 0. The zero-order valence-electron chi connectivity index (χ0n) is 9.82. The second-order valence-electron chi connectivity index (χ2n) is 4.15. The van der Waals surface area contributed by atoms with Gasteiger partial charge in [-0.15, -0.1) is 0 Å². The number of halogens is 1. The predicted octanol–water partition coefficient (Wildman–Crippen LogP) is 1.48. The third-order valence-corrected chi connectivity index (χ3v) is 3.16. The number of piperidine rings is 1. The molecule has 8 nitrogen and oxygen atoms in total. The summed E-state index contributed by atoms with van der Waals surface area (Å²) >= 11 is 5.65. The van der Waals surface area contributed by atoms with Gasteiger partial charge in [0, 0.05) is 6.54 Å². The molecule has 0 aromatic carbocycles. The highest BCUT2D eigenvalue weighted by Gasteiger charge is 2.34. The maximum Gasteiger partial charge on any atom is 0.329 e. The SMILES string of the molecule is O=C(O)C1CCCCN1c1nc(Cl)ncc1[N+](=O)[O-]. The highest BCUT2D eigenvalue weighted by molar-refractivity contribution is 6.28. The highest BCUT2D eigenvalue weighted by Crippen LogP contribution is 2.31. The normalized spacial score (nSPS) is 19.2. The fourth-order valence-corrected chi connectivity index (χ4v) is 2.26. The summed E-state index contributed by atoms with van der Waals surface area (Å²) in [5, 5.41) is 20.0. The van der Waals surface area contributed by atoms with E-state index in [0.29, 0.717) is 13.0 Å². The van der Waals surface area contributed by atoms with Gasteiger partial charge >= 0.3 is 11.7 Å². The van der Waals surface area contributed by atoms with E-state index in [-0.39, 0.29) is 16.8 Å². The van der Waals surface area contributed by atoms with E-state index >= 15 is 0 Å². The number of hydrogen-bond acceptors (Lipinski definition) is 6. The summed E-state index contributed by atoms with van der Waals surface area (Å²) in [5.74, 6) is -1.05. The molecule has 2 heterocycles. The maximum absolute atomic E-state index is 11.2. The molecule has 2 rings (SSSR count). The van der Waals surface area contributed by atoms with E-state index in [1.165, 1.54) is 4.90 Å². The monoisotopic (exact) mass is 286 g/mol. The molecule has 0 spiro atoms. The van der Waals surface area contributed by atoms with Crippen molar-refractivity contribution in [1.29, 1.82) is 0 Å². The third-order valence-electron chi connectivity index (χ3n) is 2.98. The summed E-state index contributed by atoms with van der Waals surface area (Å²) in [4.78, 5) is 30.3. The Morgan fingerprint density at radius 2 is 2.32 bits per heavy atom. The van der Waals surface area contributed by atoms with Gasteiger partial charge in [-0.05, 0) is 30.9 Å². The number of anilines is 1. The molecule has 19 heavy (non-hydrogen) atoms. The number of rotatable bonds is 3. The van der Waals surface area contributed by atoms with Crippen LogP contribution < -0.4 is 4.90 Å². The Hall–Kier alpha value is -1.96. The number of nitro groups is 1. The van der Waals surface area contributed by atoms with Crippen molar-refractivity contribution in [2.75, 3.05) is 11.4 Å². The Morgan fingerprint density at radius 3 is 2.95 bits per heavy atom. The summed E-state index contributed by atoms with van der Waals surface area (Å²) in [5.41, 5.74) is -0.336. The van der Waals surface area contributed by atoms with E-state index in [4.69, 9.17) is 11.6 Å². The van der Waals surface area contributed by atoms with E-state index in [1.54, 1.807) is 0 Å². The molecule has 1 aliphatic rings. The van der Waals surface area contributed by atoms with Crippen LogP contribution in [0.15, 0.2) is 6.20 Å². The Kier molecular flexibility index (Phi) is 3.79. The van der Waals surface area contributed by atoms with Gasteiger partial charge in [-0.2, -0.15) is 4.98 Å². The fraction of sp³-hybridized carbons (Fsp3) is 0.500. The molecular weight excluding hydrogens is 276 g/mol. The molecule has 9 heteroatoms. The molecule has 1 unspecified atom stereocenters. The molecule has 0 amide bonds. The lowest BCUT2D eigenvalue weighted by molar-refractivity contribution is -0.384. The number of aromatic nitrogens is 2. The lowest BCUT2D eigenvalue weighted by Crippen LogP contribution is -2.45. The molecule has 1 aromatic heterocycles. The van der Waals surface area contributed by atoms with Gasteiger partial charge < -0.3 is 10.0 Å². The quantitative estimate of drug-likeness (QED) is 0.509. The van der Waals surface area contributed by atoms with Crippen LogP contribution in [0.4, 0.5) is 11.5 Å². The number of carboxylic acid groups (broad SMARTS) is 1. The first kappa shape index (κ1) is 13.5. The Labute approximate surface area is 113 Å². The molecule has 1 N–H and O–H groups in total. The largest absolute Gasteiger partial charge is 0.480 e. The number of carboxylic acids is 1. The number of hydrogen-bond donors (Lipinski definition) is 1. The highest BCUT2D eigenvalue weighted by atomic mass is 35.5. The molecule has 1 atom stereocenters. The van der Waals surface area contributed by atoms with Gasteiger partial charge in [0.1, 0.15) is 12.2 Å². The van der Waals surface area contributed by atoms with Gasteiger partial charge in [-0.3, -0.25) is 10.1 Å². The average molecular weight is 287 g/mol. The van der Waals surface area contributed by atoms with Gasteiger partial charge in [0.25, 0.3) is 0 Å². The molecule has 102 valence electrons. The summed E-state index contributed by atoms with van der Waals surface area (Å²) in [6.07, 6.45) is 2.94. The van der Waals surface area contributed by atoms with E-state index in [9.17, 15) is 20.0 Å². The predicted molar refractivity (Wildman–Crippen MR) is 66.3 cm³/mol. The van der Waals surface area contributed by atoms with Crippen molar-refractivity contribution in [2.24, 2.45) is 0 Å². The van der Waals surface area contributed by atoms with Crippen LogP contribution in [0.25, 0.3) is 0 Å². The Balaban J connectivity index is 2.46. The van der Waals surface area contributed by atoms with E-state index in [0.717, 1.165) is 19.0 Å². The first-order chi connectivity index (χ1) is 9.00. The van der Waals surface area contributed by atoms with Crippen molar-refractivity contribution in [3.8, 4) is 0 Å². The van der Waals surface area contributed by atoms with Crippen LogP contribution in [0.2, 0.25) is 5.28 Å². The van der Waals surface area contributed by atoms with Gasteiger partial charge in [0.05, 0.1) is 4.92 Å². The molecule has 1 aromatic rings. The molecule has 0 bridgehead atoms. The topological polar surface area (TPSA) is 109 Å². The van der Waals surface area contributed by atoms with Gasteiger partial charge in [0.2, 0.25) is 11.1 Å². The van der Waals surface area contributed by atoms with Crippen LogP contribution in [-0.2, 0) is 4.79 Å². The van der Waals surface area contributed by atoms with Crippen molar-refractivity contribution in [1.82, 2.24) is 9.97 Å². The fourth-order valence-electron chi connectivity index (χ4n) is 2.13. The van der Waals surface area contributed by atoms with E-state index in [2.05, 4.69) is 9.97 Å². The summed E-state index contributed by atoms with van der Waals surface area (Å²) in [7, 11) is 0. The minimum Gasteiger partial charge on any atom is -0.480 e. The van der Waals surface area contributed by atoms with Crippen LogP contribution >= 0.6 is 11.6 Å². The van der Waals surface area contributed by atoms with Crippen molar-refractivity contribution in [2.45, 2.75) is 25.3 Å². The molecule has 0 saturated carbocycles.